The van der Waals surface area contributed by atoms with Crippen molar-refractivity contribution in [2.45, 2.75) is 5.92 Å². The number of nitrogens with two attached hydrogens (primary N) is 2. The zero-order valence-electron chi connectivity index (χ0n) is 16.5. The molecule has 5 N–H and O–H groups in total. The van der Waals surface area contributed by atoms with Gasteiger partial charge in [0, 0.05) is 18.0 Å². The number of rotatable bonds is 6. The van der Waals surface area contributed by atoms with Crippen LogP contribution in [0, 0.1) is 11.3 Å². The summed E-state index contributed by atoms with van der Waals surface area (Å²) in [6.45, 7) is -0.291. The number of carbonyl (C=O) groups excluding carboxylic acids is 1. The summed E-state index contributed by atoms with van der Waals surface area (Å²) in [5.41, 5.74) is 14.2. The van der Waals surface area contributed by atoms with Gasteiger partial charge in [-0.3, -0.25) is 14.9 Å². The number of methoxy groups -OCH3 is 1. The number of amides is 1. The number of primary amides is 1. The van der Waals surface area contributed by atoms with Gasteiger partial charge in [0.15, 0.2) is 18.1 Å². The molecule has 1 aliphatic heterocycles. The topological polar surface area (TPSA) is 162 Å². The Balaban J connectivity index is 1.85. The van der Waals surface area contributed by atoms with Gasteiger partial charge >= 0.3 is 0 Å². The molecule has 0 saturated carbocycles. The van der Waals surface area contributed by atoms with E-state index < -0.39 is 11.8 Å². The van der Waals surface area contributed by atoms with E-state index in [2.05, 4.69) is 21.3 Å². The van der Waals surface area contributed by atoms with Crippen molar-refractivity contribution in [2.24, 2.45) is 11.5 Å². The minimum Gasteiger partial charge on any atom is -0.493 e. The van der Waals surface area contributed by atoms with Crippen LogP contribution in [0.3, 0.4) is 0 Å². The van der Waals surface area contributed by atoms with E-state index in [9.17, 15) is 10.1 Å². The van der Waals surface area contributed by atoms with Crippen LogP contribution in [0.4, 0.5) is 0 Å². The van der Waals surface area contributed by atoms with Gasteiger partial charge in [0.1, 0.15) is 11.6 Å². The minimum absolute atomic E-state index is 0.0303. The van der Waals surface area contributed by atoms with Crippen molar-refractivity contribution in [3.05, 3.63) is 65.3 Å². The van der Waals surface area contributed by atoms with Gasteiger partial charge in [0.2, 0.25) is 11.8 Å². The normalized spacial score (nSPS) is 14.9. The van der Waals surface area contributed by atoms with E-state index in [1.54, 1.807) is 36.7 Å². The van der Waals surface area contributed by atoms with E-state index in [0.29, 0.717) is 28.3 Å². The van der Waals surface area contributed by atoms with Crippen LogP contribution in [0.25, 0.3) is 11.3 Å². The van der Waals surface area contributed by atoms with Crippen molar-refractivity contribution in [3.8, 4) is 34.7 Å². The number of nitrogens with zero attached hydrogens (tertiary/aromatic N) is 3. The zero-order valence-corrected chi connectivity index (χ0v) is 16.5. The molecule has 1 unspecified atom stereocenters. The fraction of sp³-hybridized carbons (Fsp3) is 0.143. The molecule has 10 nitrogen and oxygen atoms in total. The van der Waals surface area contributed by atoms with Gasteiger partial charge < -0.3 is 25.7 Å². The summed E-state index contributed by atoms with van der Waals surface area (Å²) >= 11 is 0. The first-order valence-corrected chi connectivity index (χ1v) is 9.18. The molecule has 3 heterocycles. The number of nitriles is 1. The predicted molar refractivity (Wildman–Crippen MR) is 109 cm³/mol. The van der Waals surface area contributed by atoms with Crippen LogP contribution in [0.2, 0.25) is 0 Å². The molecule has 2 aromatic heterocycles. The Morgan fingerprint density at radius 3 is 2.87 bits per heavy atom. The summed E-state index contributed by atoms with van der Waals surface area (Å²) in [6, 6.07) is 10.9. The Morgan fingerprint density at radius 2 is 2.19 bits per heavy atom. The number of allylic oxidation sites excluding steroid dienone is 1. The minimum atomic E-state index is -0.609. The van der Waals surface area contributed by atoms with Crippen LogP contribution in [0.15, 0.2) is 54.2 Å². The Bertz CT molecular complexity index is 1210. The van der Waals surface area contributed by atoms with Crippen LogP contribution in [0.5, 0.6) is 17.4 Å². The average molecular weight is 418 g/mol. The molecule has 4 rings (SSSR count). The third-order valence-electron chi connectivity index (χ3n) is 4.78. The molecule has 3 aromatic rings. The molecule has 0 fully saturated rings. The average Bonchev–Trinajstić information content (AvgIpc) is 3.20. The van der Waals surface area contributed by atoms with Crippen LogP contribution < -0.4 is 25.7 Å². The van der Waals surface area contributed by atoms with Crippen LogP contribution in [0.1, 0.15) is 17.0 Å². The summed E-state index contributed by atoms with van der Waals surface area (Å²) in [4.78, 5) is 15.2. The van der Waals surface area contributed by atoms with Crippen molar-refractivity contribution in [2.75, 3.05) is 13.7 Å². The summed E-state index contributed by atoms with van der Waals surface area (Å²) in [6.07, 6.45) is 3.34. The van der Waals surface area contributed by atoms with Crippen LogP contribution in [-0.4, -0.2) is 34.8 Å². The molecule has 0 radical (unpaired) electrons. The Hall–Kier alpha value is -4.52. The largest absolute Gasteiger partial charge is 0.493 e. The molecule has 10 heteroatoms. The predicted octanol–water partition coefficient (Wildman–Crippen LogP) is 1.56. The maximum Gasteiger partial charge on any atom is 0.255 e. The smallest absolute Gasteiger partial charge is 0.255 e. The molecular weight excluding hydrogens is 400 g/mol. The highest BCUT2D eigenvalue weighted by Gasteiger charge is 2.36. The second kappa shape index (κ2) is 8.08. The van der Waals surface area contributed by atoms with Gasteiger partial charge in [-0.15, -0.1) is 5.10 Å². The second-order valence-electron chi connectivity index (χ2n) is 6.65. The fourth-order valence-corrected chi connectivity index (χ4v) is 3.44. The van der Waals surface area contributed by atoms with E-state index in [4.69, 9.17) is 25.7 Å². The third kappa shape index (κ3) is 3.60. The summed E-state index contributed by atoms with van der Waals surface area (Å²) in [5, 5.41) is 17.0. The van der Waals surface area contributed by atoms with Gasteiger partial charge in [-0.05, 0) is 29.8 Å². The first kappa shape index (κ1) is 19.8. The maximum atomic E-state index is 11.1. The van der Waals surface area contributed by atoms with E-state index >= 15 is 0 Å². The number of aromatic nitrogens is 3. The zero-order chi connectivity index (χ0) is 22.0. The highest BCUT2D eigenvalue weighted by Crippen LogP contribution is 2.46. The molecule has 1 atom stereocenters. The number of H-pyrrole nitrogens is 1. The Labute approximate surface area is 177 Å². The Morgan fingerprint density at radius 1 is 1.35 bits per heavy atom. The number of nitrogens with one attached hydrogen (secondary N) is 1. The van der Waals surface area contributed by atoms with E-state index in [1.165, 1.54) is 7.11 Å². The van der Waals surface area contributed by atoms with Gasteiger partial charge in [0.25, 0.3) is 5.91 Å². The first-order chi connectivity index (χ1) is 15.0. The first-order valence-electron chi connectivity index (χ1n) is 9.18. The number of fused-ring (bicyclic) bond motifs is 1. The van der Waals surface area contributed by atoms with Gasteiger partial charge in [-0.25, -0.2) is 0 Å². The summed E-state index contributed by atoms with van der Waals surface area (Å²) in [5.74, 6) is -0.240. The maximum absolute atomic E-state index is 11.1. The highest BCUT2D eigenvalue weighted by molar-refractivity contribution is 5.75. The van der Waals surface area contributed by atoms with Crippen LogP contribution in [-0.2, 0) is 4.79 Å². The monoisotopic (exact) mass is 418 g/mol. The molecule has 1 amide bonds. The third-order valence-corrected chi connectivity index (χ3v) is 4.78. The van der Waals surface area contributed by atoms with Crippen molar-refractivity contribution in [3.63, 3.8) is 0 Å². The van der Waals surface area contributed by atoms with Gasteiger partial charge in [0.05, 0.1) is 24.3 Å². The molecule has 1 aliphatic rings. The fourth-order valence-electron chi connectivity index (χ4n) is 3.44. The molecule has 156 valence electrons. The Kier molecular flexibility index (Phi) is 5.15. The van der Waals surface area contributed by atoms with E-state index in [1.807, 2.05) is 6.07 Å². The van der Waals surface area contributed by atoms with Crippen molar-refractivity contribution in [1.29, 1.82) is 5.26 Å². The van der Waals surface area contributed by atoms with Gasteiger partial charge in [-0.2, -0.15) is 5.26 Å². The summed E-state index contributed by atoms with van der Waals surface area (Å²) in [7, 11) is 1.47. The second-order valence-corrected chi connectivity index (χ2v) is 6.65. The standard InChI is InChI=1S/C21H18N6O4/c1-29-15-7-11(4-5-14(15)30-10-16(23)28)17-13(8-22)20(24)31-21-18(17)19(26-27-21)12-3-2-6-25-9-12/h2-7,9,17H,10,24H2,1H3,(H2,23,28)(H,26,27). The number of benzene rings is 1. The molecule has 0 aliphatic carbocycles. The number of aromatic amines is 1. The highest BCUT2D eigenvalue weighted by atomic mass is 16.5. The summed E-state index contributed by atoms with van der Waals surface area (Å²) < 4.78 is 16.4. The van der Waals surface area contributed by atoms with Gasteiger partial charge in [-0.1, -0.05) is 6.07 Å². The number of hydrogen-bond acceptors (Lipinski definition) is 8. The molecule has 0 bridgehead atoms. The quantitative estimate of drug-likeness (QED) is 0.543. The van der Waals surface area contributed by atoms with Crippen molar-refractivity contribution >= 4 is 5.91 Å². The van der Waals surface area contributed by atoms with Crippen molar-refractivity contribution in [1.82, 2.24) is 15.2 Å². The van der Waals surface area contributed by atoms with E-state index in [-0.39, 0.29) is 23.9 Å². The molecule has 0 saturated heterocycles. The number of hydrogen-bond donors (Lipinski definition) is 3. The lowest BCUT2D eigenvalue weighted by Gasteiger charge is -2.24. The lowest BCUT2D eigenvalue weighted by atomic mass is 9.83. The molecule has 31 heavy (non-hydrogen) atoms. The SMILES string of the molecule is COc1cc(C2C(C#N)=C(N)Oc3n[nH]c(-c4cccnc4)c32)ccc1OCC(N)=O. The number of carbonyl (C=O) groups is 1. The van der Waals surface area contributed by atoms with Crippen molar-refractivity contribution < 1.29 is 19.0 Å². The van der Waals surface area contributed by atoms with E-state index in [0.717, 1.165) is 5.56 Å². The molecule has 0 spiro atoms. The number of pyridine rings is 1. The molecular formula is C21H18N6O4. The lowest BCUT2D eigenvalue weighted by Crippen LogP contribution is -2.21. The lowest BCUT2D eigenvalue weighted by molar-refractivity contribution is -0.119. The number of ether oxygens (including phenoxy) is 3. The van der Waals surface area contributed by atoms with Crippen LogP contribution >= 0.6 is 0 Å². The molecule has 1 aromatic carbocycles.